The SMILES string of the molecule is CCCCCC=CCC=CCCCCCCCC(=O)OCCCc1ccc2oc(-c3ccc4c(c3)OCO4)cc2c1. The number of allylic oxidation sites excluding steroid dienone is 4. The molecule has 0 saturated heterocycles. The summed E-state index contributed by atoms with van der Waals surface area (Å²) < 4.78 is 22.4. The predicted octanol–water partition coefficient (Wildman–Crippen LogP) is 10.1. The monoisotopic (exact) mass is 558 g/mol. The lowest BCUT2D eigenvalue weighted by Crippen LogP contribution is -2.06. The van der Waals surface area contributed by atoms with Gasteiger partial charge in [0.15, 0.2) is 11.5 Å². The second-order valence-electron chi connectivity index (χ2n) is 10.9. The molecule has 3 aromatic rings. The number of hydrogen-bond donors (Lipinski definition) is 0. The fraction of sp³-hybridized carbons (Fsp3) is 0.472. The number of unbranched alkanes of at least 4 members (excludes halogenated alkanes) is 8. The molecule has 2 heterocycles. The van der Waals surface area contributed by atoms with Gasteiger partial charge in [0.2, 0.25) is 6.79 Å². The number of rotatable bonds is 19. The minimum atomic E-state index is -0.0747. The number of aryl methyl sites for hydroxylation is 1. The molecule has 41 heavy (non-hydrogen) atoms. The minimum absolute atomic E-state index is 0.0747. The van der Waals surface area contributed by atoms with Crippen LogP contribution in [0.15, 0.2) is 71.2 Å². The third-order valence-electron chi connectivity index (χ3n) is 7.44. The van der Waals surface area contributed by atoms with Crippen LogP contribution in [0.4, 0.5) is 0 Å². The van der Waals surface area contributed by atoms with Crippen LogP contribution in [0.3, 0.4) is 0 Å². The zero-order chi connectivity index (χ0) is 28.5. The molecule has 5 heteroatoms. The number of fused-ring (bicyclic) bond motifs is 2. The smallest absolute Gasteiger partial charge is 0.305 e. The maximum absolute atomic E-state index is 12.1. The molecule has 1 aromatic heterocycles. The Labute approximate surface area is 245 Å². The molecule has 4 rings (SSSR count). The summed E-state index contributed by atoms with van der Waals surface area (Å²) >= 11 is 0. The normalized spacial score (nSPS) is 12.7. The standard InChI is InChI=1S/C36H46O5/c1-2-3-4-5-6-7-8-9-10-11-12-13-14-15-16-19-36(37)38-24-17-18-29-20-22-32-31(25-29)27-34(41-32)30-21-23-33-35(26-30)40-28-39-33/h6-7,9-10,20-23,25-27H,2-5,8,11-19,24,28H2,1H3. The van der Waals surface area contributed by atoms with Gasteiger partial charge in [-0.25, -0.2) is 0 Å². The van der Waals surface area contributed by atoms with Crippen molar-refractivity contribution in [2.24, 2.45) is 0 Å². The Bertz CT molecular complexity index is 1270. The molecular weight excluding hydrogens is 512 g/mol. The molecule has 0 atom stereocenters. The number of hydrogen-bond acceptors (Lipinski definition) is 5. The van der Waals surface area contributed by atoms with Crippen LogP contribution in [0, 0.1) is 0 Å². The van der Waals surface area contributed by atoms with Crippen LogP contribution in [0.1, 0.15) is 96.0 Å². The Balaban J connectivity index is 1.02. The lowest BCUT2D eigenvalue weighted by Gasteiger charge is -2.05. The minimum Gasteiger partial charge on any atom is -0.466 e. The second kappa shape index (κ2) is 17.4. The summed E-state index contributed by atoms with van der Waals surface area (Å²) in [6.07, 6.45) is 24.4. The van der Waals surface area contributed by atoms with Crippen molar-refractivity contribution in [2.75, 3.05) is 13.4 Å². The van der Waals surface area contributed by atoms with E-state index >= 15 is 0 Å². The van der Waals surface area contributed by atoms with Gasteiger partial charge in [-0.3, -0.25) is 4.79 Å². The first-order chi connectivity index (χ1) is 20.2. The van der Waals surface area contributed by atoms with Gasteiger partial charge >= 0.3 is 5.97 Å². The van der Waals surface area contributed by atoms with Gasteiger partial charge in [0.25, 0.3) is 0 Å². The molecule has 1 aliphatic rings. The van der Waals surface area contributed by atoms with Crippen molar-refractivity contribution in [3.8, 4) is 22.8 Å². The van der Waals surface area contributed by atoms with Crippen molar-refractivity contribution in [3.63, 3.8) is 0 Å². The molecular formula is C36H46O5. The van der Waals surface area contributed by atoms with E-state index in [4.69, 9.17) is 18.6 Å². The highest BCUT2D eigenvalue weighted by Crippen LogP contribution is 2.37. The van der Waals surface area contributed by atoms with Gasteiger partial charge in [-0.15, -0.1) is 0 Å². The number of benzene rings is 2. The maximum Gasteiger partial charge on any atom is 0.305 e. The number of ether oxygens (including phenoxy) is 3. The van der Waals surface area contributed by atoms with E-state index in [2.05, 4.69) is 49.4 Å². The average Bonchev–Trinajstić information content (AvgIpc) is 3.64. The Morgan fingerprint density at radius 2 is 1.59 bits per heavy atom. The van der Waals surface area contributed by atoms with Crippen LogP contribution in [0.2, 0.25) is 0 Å². The van der Waals surface area contributed by atoms with Crippen LogP contribution in [0.25, 0.3) is 22.3 Å². The summed E-state index contributed by atoms with van der Waals surface area (Å²) in [5.41, 5.74) is 3.02. The fourth-order valence-corrected chi connectivity index (χ4v) is 5.06. The first-order valence-electron chi connectivity index (χ1n) is 15.6. The van der Waals surface area contributed by atoms with Gasteiger partial charge in [0, 0.05) is 17.4 Å². The molecule has 2 aromatic carbocycles. The van der Waals surface area contributed by atoms with E-state index in [1.54, 1.807) is 0 Å². The Morgan fingerprint density at radius 1 is 0.805 bits per heavy atom. The second-order valence-corrected chi connectivity index (χ2v) is 10.9. The van der Waals surface area contributed by atoms with E-state index in [9.17, 15) is 4.79 Å². The van der Waals surface area contributed by atoms with Crippen molar-refractivity contribution < 1.29 is 23.4 Å². The quantitative estimate of drug-likeness (QED) is 0.0832. The predicted molar refractivity (Wildman–Crippen MR) is 166 cm³/mol. The largest absolute Gasteiger partial charge is 0.466 e. The molecule has 0 radical (unpaired) electrons. The lowest BCUT2D eigenvalue weighted by molar-refractivity contribution is -0.143. The van der Waals surface area contributed by atoms with E-state index in [1.807, 2.05) is 24.3 Å². The Hall–Kier alpha value is -3.47. The van der Waals surface area contributed by atoms with Crippen molar-refractivity contribution in [1.82, 2.24) is 0 Å². The van der Waals surface area contributed by atoms with E-state index < -0.39 is 0 Å². The zero-order valence-corrected chi connectivity index (χ0v) is 24.7. The average molecular weight is 559 g/mol. The number of esters is 1. The molecule has 1 aliphatic heterocycles. The molecule has 0 unspecified atom stereocenters. The number of carbonyl (C=O) groups is 1. The molecule has 0 N–H and O–H groups in total. The molecule has 0 spiro atoms. The van der Waals surface area contributed by atoms with Gasteiger partial charge < -0.3 is 18.6 Å². The summed E-state index contributed by atoms with van der Waals surface area (Å²) in [5, 5.41) is 1.06. The van der Waals surface area contributed by atoms with Crippen LogP contribution < -0.4 is 9.47 Å². The zero-order valence-electron chi connectivity index (χ0n) is 24.7. The van der Waals surface area contributed by atoms with Gasteiger partial charge in [-0.1, -0.05) is 69.4 Å². The van der Waals surface area contributed by atoms with Crippen molar-refractivity contribution in [1.29, 1.82) is 0 Å². The third-order valence-corrected chi connectivity index (χ3v) is 7.44. The first kappa shape index (κ1) is 30.5. The van der Waals surface area contributed by atoms with E-state index in [-0.39, 0.29) is 12.8 Å². The molecule has 0 aliphatic carbocycles. The summed E-state index contributed by atoms with van der Waals surface area (Å²) in [6, 6.07) is 14.1. The van der Waals surface area contributed by atoms with Crippen LogP contribution in [0.5, 0.6) is 11.5 Å². The topological polar surface area (TPSA) is 57.9 Å². The lowest BCUT2D eigenvalue weighted by atomic mass is 10.1. The van der Waals surface area contributed by atoms with Gasteiger partial charge in [0.05, 0.1) is 6.61 Å². The molecule has 0 bridgehead atoms. The molecule has 5 nitrogen and oxygen atoms in total. The van der Waals surface area contributed by atoms with E-state index in [1.165, 1.54) is 50.5 Å². The Morgan fingerprint density at radius 3 is 2.44 bits per heavy atom. The van der Waals surface area contributed by atoms with Crippen molar-refractivity contribution >= 4 is 16.9 Å². The maximum atomic E-state index is 12.1. The van der Waals surface area contributed by atoms with Crippen LogP contribution >= 0.6 is 0 Å². The van der Waals surface area contributed by atoms with Crippen molar-refractivity contribution in [2.45, 2.75) is 96.8 Å². The number of furan rings is 1. The highest BCUT2D eigenvalue weighted by Gasteiger charge is 2.16. The Kier molecular flexibility index (Phi) is 12.9. The number of carbonyl (C=O) groups excluding carboxylic acids is 1. The highest BCUT2D eigenvalue weighted by atomic mass is 16.7. The summed E-state index contributed by atoms with van der Waals surface area (Å²) in [7, 11) is 0. The molecule has 220 valence electrons. The summed E-state index contributed by atoms with van der Waals surface area (Å²) in [6.45, 7) is 2.96. The summed E-state index contributed by atoms with van der Waals surface area (Å²) in [4.78, 5) is 12.1. The van der Waals surface area contributed by atoms with E-state index in [0.29, 0.717) is 13.0 Å². The summed E-state index contributed by atoms with van der Waals surface area (Å²) in [5.74, 6) is 2.24. The van der Waals surface area contributed by atoms with Crippen LogP contribution in [-0.2, 0) is 16.0 Å². The van der Waals surface area contributed by atoms with Gasteiger partial charge in [-0.2, -0.15) is 0 Å². The highest BCUT2D eigenvalue weighted by molar-refractivity contribution is 5.83. The van der Waals surface area contributed by atoms with Crippen LogP contribution in [-0.4, -0.2) is 19.4 Å². The van der Waals surface area contributed by atoms with E-state index in [0.717, 1.165) is 72.3 Å². The fourth-order valence-electron chi connectivity index (χ4n) is 5.06. The third kappa shape index (κ3) is 10.5. The van der Waals surface area contributed by atoms with Gasteiger partial charge in [0.1, 0.15) is 11.3 Å². The van der Waals surface area contributed by atoms with Gasteiger partial charge in [-0.05, 0) is 93.3 Å². The molecule has 0 fully saturated rings. The molecule has 0 saturated carbocycles. The van der Waals surface area contributed by atoms with Crippen molar-refractivity contribution in [3.05, 3.63) is 72.3 Å². The first-order valence-corrected chi connectivity index (χ1v) is 15.6. The molecule has 0 amide bonds.